The molecule has 0 radical (unpaired) electrons. The minimum absolute atomic E-state index is 0.809. The molecule has 5 nitrogen and oxygen atoms in total. The summed E-state index contributed by atoms with van der Waals surface area (Å²) in [6.07, 6.45) is 7.40. The van der Waals surface area contributed by atoms with E-state index in [0.717, 1.165) is 40.1 Å². The van der Waals surface area contributed by atoms with Crippen molar-refractivity contribution in [3.63, 3.8) is 0 Å². The number of hydrogen-bond acceptors (Lipinski definition) is 3. The van der Waals surface area contributed by atoms with Gasteiger partial charge in [-0.25, -0.2) is 4.57 Å². The molecular formula is C15H11N4O+. The van der Waals surface area contributed by atoms with Gasteiger partial charge in [0.1, 0.15) is 6.54 Å². The Morgan fingerprint density at radius 1 is 1.20 bits per heavy atom. The summed E-state index contributed by atoms with van der Waals surface area (Å²) >= 11 is 0. The highest BCUT2D eigenvalue weighted by atomic mass is 16.4. The lowest BCUT2D eigenvalue weighted by atomic mass is 10.2. The summed E-state index contributed by atoms with van der Waals surface area (Å²) in [6, 6.07) is 4.02. The van der Waals surface area contributed by atoms with Gasteiger partial charge in [0.2, 0.25) is 5.58 Å². The molecule has 5 rings (SSSR count). The normalized spacial score (nSPS) is 13.1. The maximum Gasteiger partial charge on any atom is 0.329 e. The first-order valence-corrected chi connectivity index (χ1v) is 6.52. The zero-order chi connectivity index (χ0) is 13.3. The lowest BCUT2D eigenvalue weighted by Gasteiger charge is -1.91. The van der Waals surface area contributed by atoms with Gasteiger partial charge < -0.3 is 4.42 Å². The molecule has 0 bridgehead atoms. The Hall–Kier alpha value is -2.69. The average molecular weight is 263 g/mol. The van der Waals surface area contributed by atoms with Crippen molar-refractivity contribution in [3.05, 3.63) is 42.5 Å². The molecule has 0 aromatic carbocycles. The van der Waals surface area contributed by atoms with Gasteiger partial charge in [-0.05, 0) is 12.1 Å². The van der Waals surface area contributed by atoms with Crippen molar-refractivity contribution in [2.75, 3.05) is 0 Å². The summed E-state index contributed by atoms with van der Waals surface area (Å²) in [7, 11) is 2.05. The van der Waals surface area contributed by atoms with Crippen molar-refractivity contribution in [2.45, 2.75) is 6.54 Å². The van der Waals surface area contributed by atoms with E-state index in [0.29, 0.717) is 0 Å². The van der Waals surface area contributed by atoms with Crippen LogP contribution in [0.2, 0.25) is 0 Å². The molecule has 0 fully saturated rings. The van der Waals surface area contributed by atoms with E-state index < -0.39 is 0 Å². The summed E-state index contributed by atoms with van der Waals surface area (Å²) < 4.78 is 10.5. The summed E-state index contributed by atoms with van der Waals surface area (Å²) in [4.78, 5) is 8.39. The van der Waals surface area contributed by atoms with Crippen molar-refractivity contribution in [1.82, 2.24) is 14.5 Å². The average Bonchev–Trinajstić information content (AvgIpc) is 3.09. The number of aryl methyl sites for hydroxylation is 1. The summed E-state index contributed by atoms with van der Waals surface area (Å²) in [5.74, 6) is 0.918. The van der Waals surface area contributed by atoms with E-state index in [2.05, 4.69) is 26.1 Å². The Balaban J connectivity index is 1.97. The van der Waals surface area contributed by atoms with Crippen LogP contribution in [0.25, 0.3) is 33.6 Å². The van der Waals surface area contributed by atoms with Crippen LogP contribution in [0, 0.1) is 0 Å². The van der Waals surface area contributed by atoms with E-state index in [4.69, 9.17) is 4.42 Å². The maximum absolute atomic E-state index is 6.16. The summed E-state index contributed by atoms with van der Waals surface area (Å²) in [5.41, 5.74) is 5.46. The number of hydrogen-bond donors (Lipinski definition) is 0. The predicted octanol–water partition coefficient (Wildman–Crippen LogP) is 2.03. The second kappa shape index (κ2) is 3.25. The van der Waals surface area contributed by atoms with Crippen molar-refractivity contribution in [2.24, 2.45) is 7.05 Å². The van der Waals surface area contributed by atoms with E-state index >= 15 is 0 Å². The van der Waals surface area contributed by atoms with Crippen LogP contribution in [0.15, 0.2) is 41.3 Å². The third-order valence-corrected chi connectivity index (χ3v) is 4.09. The molecule has 0 amide bonds. The molecule has 4 aromatic heterocycles. The molecule has 4 aromatic rings. The molecule has 5 heteroatoms. The van der Waals surface area contributed by atoms with Crippen LogP contribution in [-0.4, -0.2) is 14.5 Å². The largest absolute Gasteiger partial charge is 0.413 e. The highest BCUT2D eigenvalue weighted by molar-refractivity contribution is 6.02. The van der Waals surface area contributed by atoms with Crippen LogP contribution in [0.1, 0.15) is 5.56 Å². The molecule has 1 aliphatic heterocycles. The van der Waals surface area contributed by atoms with Gasteiger partial charge in [-0.2, -0.15) is 4.57 Å². The van der Waals surface area contributed by atoms with Crippen molar-refractivity contribution in [3.8, 4) is 11.5 Å². The van der Waals surface area contributed by atoms with Crippen LogP contribution < -0.4 is 4.57 Å². The maximum atomic E-state index is 6.16. The molecule has 20 heavy (non-hydrogen) atoms. The Morgan fingerprint density at radius 3 is 3.00 bits per heavy atom. The van der Waals surface area contributed by atoms with Gasteiger partial charge >= 0.3 is 5.65 Å². The van der Waals surface area contributed by atoms with Gasteiger partial charge in [-0.3, -0.25) is 9.97 Å². The number of pyridine rings is 2. The van der Waals surface area contributed by atoms with Crippen LogP contribution in [0.3, 0.4) is 0 Å². The fraction of sp³-hybridized carbons (Fsp3) is 0.133. The van der Waals surface area contributed by atoms with Gasteiger partial charge in [0, 0.05) is 24.2 Å². The first-order chi connectivity index (χ1) is 9.84. The molecule has 0 atom stereocenters. The van der Waals surface area contributed by atoms with Crippen molar-refractivity contribution < 1.29 is 8.98 Å². The number of aromatic nitrogens is 4. The molecule has 5 heterocycles. The number of rotatable bonds is 0. The smallest absolute Gasteiger partial charge is 0.329 e. The molecule has 0 saturated carbocycles. The van der Waals surface area contributed by atoms with Crippen LogP contribution in [0.5, 0.6) is 0 Å². The SMILES string of the molecule is Cn1c2cnccc2c2oc3[n+](c21)Cc1cnccc1-3. The molecular weight excluding hydrogens is 252 g/mol. The molecule has 1 aliphatic rings. The first kappa shape index (κ1) is 10.1. The first-order valence-electron chi connectivity index (χ1n) is 6.52. The topological polar surface area (TPSA) is 47.7 Å². The molecule has 0 aliphatic carbocycles. The van der Waals surface area contributed by atoms with Gasteiger partial charge in [-0.1, -0.05) is 0 Å². The van der Waals surface area contributed by atoms with Crippen molar-refractivity contribution in [1.29, 1.82) is 0 Å². The zero-order valence-electron chi connectivity index (χ0n) is 10.9. The highest BCUT2D eigenvalue weighted by Crippen LogP contribution is 2.34. The second-order valence-corrected chi connectivity index (χ2v) is 5.13. The number of fused-ring (bicyclic) bond motifs is 7. The highest BCUT2D eigenvalue weighted by Gasteiger charge is 2.34. The van der Waals surface area contributed by atoms with Crippen LogP contribution in [-0.2, 0) is 13.6 Å². The van der Waals surface area contributed by atoms with Crippen molar-refractivity contribution >= 4 is 22.1 Å². The van der Waals surface area contributed by atoms with E-state index in [1.54, 1.807) is 6.20 Å². The Bertz CT molecular complexity index is 996. The lowest BCUT2D eigenvalue weighted by molar-refractivity contribution is -0.652. The monoisotopic (exact) mass is 263 g/mol. The minimum Gasteiger partial charge on any atom is -0.413 e. The molecule has 0 saturated heterocycles. The fourth-order valence-electron chi connectivity index (χ4n) is 3.16. The number of nitrogens with zero attached hydrogens (tertiary/aromatic N) is 4. The molecule has 0 unspecified atom stereocenters. The Morgan fingerprint density at radius 2 is 2.05 bits per heavy atom. The van der Waals surface area contributed by atoms with Gasteiger partial charge in [0.25, 0.3) is 5.89 Å². The van der Waals surface area contributed by atoms with Gasteiger partial charge in [-0.15, -0.1) is 0 Å². The summed E-state index contributed by atoms with van der Waals surface area (Å²) in [5, 5.41) is 1.11. The lowest BCUT2D eigenvalue weighted by Crippen LogP contribution is -2.32. The van der Waals surface area contributed by atoms with E-state index in [1.807, 2.05) is 30.7 Å². The standard InChI is InChI=1S/C15H11N4O/c1-18-12-7-17-5-3-11(12)13-14(18)19-8-9-6-16-4-2-10(9)15(19)20-13/h2-7H,8H2,1H3/q+1. The van der Waals surface area contributed by atoms with Gasteiger partial charge in [0.15, 0.2) is 5.52 Å². The summed E-state index contributed by atoms with van der Waals surface area (Å²) in [6.45, 7) is 0.809. The van der Waals surface area contributed by atoms with Gasteiger partial charge in [0.05, 0.1) is 24.2 Å². The van der Waals surface area contributed by atoms with E-state index in [1.165, 1.54) is 5.56 Å². The molecule has 0 spiro atoms. The second-order valence-electron chi connectivity index (χ2n) is 5.13. The molecule has 0 N–H and O–H groups in total. The van der Waals surface area contributed by atoms with Crippen LogP contribution in [0.4, 0.5) is 0 Å². The fourth-order valence-corrected chi connectivity index (χ4v) is 3.16. The van der Waals surface area contributed by atoms with E-state index in [9.17, 15) is 0 Å². The Labute approximate surface area is 114 Å². The predicted molar refractivity (Wildman–Crippen MR) is 73.0 cm³/mol. The van der Waals surface area contributed by atoms with Crippen LogP contribution >= 0.6 is 0 Å². The third-order valence-electron chi connectivity index (χ3n) is 4.09. The van der Waals surface area contributed by atoms with E-state index in [-0.39, 0.29) is 0 Å². The Kier molecular flexibility index (Phi) is 1.65. The number of oxazole rings is 1. The minimum atomic E-state index is 0.809. The molecule has 96 valence electrons. The third kappa shape index (κ3) is 1.02. The zero-order valence-corrected chi connectivity index (χ0v) is 10.9. The quantitative estimate of drug-likeness (QED) is 0.402.